The van der Waals surface area contributed by atoms with Crippen LogP contribution >= 0.6 is 11.6 Å². The molecule has 2 fully saturated rings. The zero-order valence-electron chi connectivity index (χ0n) is 10.7. The number of carbonyl (C=O) groups is 1. The summed E-state index contributed by atoms with van der Waals surface area (Å²) in [7, 11) is 0. The molecule has 2 aliphatic rings. The summed E-state index contributed by atoms with van der Waals surface area (Å²) in [5.74, 6) is 1.58. The third kappa shape index (κ3) is 4.17. The molecule has 1 amide bonds. The van der Waals surface area contributed by atoms with Crippen molar-refractivity contribution in [3.63, 3.8) is 0 Å². The third-order valence-electron chi connectivity index (χ3n) is 4.07. The first kappa shape index (κ1) is 13.2. The summed E-state index contributed by atoms with van der Waals surface area (Å²) < 4.78 is 0. The molecule has 0 aliphatic heterocycles. The lowest BCUT2D eigenvalue weighted by molar-refractivity contribution is -0.132. The van der Waals surface area contributed by atoms with Crippen molar-refractivity contribution in [3.8, 4) is 0 Å². The Morgan fingerprint density at radius 3 is 2.24 bits per heavy atom. The van der Waals surface area contributed by atoms with Crippen molar-refractivity contribution in [2.45, 2.75) is 63.8 Å². The Bertz CT molecular complexity index is 245. The van der Waals surface area contributed by atoms with Gasteiger partial charge in [0.1, 0.15) is 0 Å². The van der Waals surface area contributed by atoms with Crippen molar-refractivity contribution in [1.29, 1.82) is 0 Å². The molecular weight excluding hydrogens is 234 g/mol. The summed E-state index contributed by atoms with van der Waals surface area (Å²) >= 11 is 5.79. The fourth-order valence-electron chi connectivity index (χ4n) is 2.92. The molecule has 0 unspecified atom stereocenters. The van der Waals surface area contributed by atoms with E-state index in [0.29, 0.717) is 23.7 Å². The Morgan fingerprint density at radius 2 is 1.71 bits per heavy atom. The van der Waals surface area contributed by atoms with E-state index in [-0.39, 0.29) is 0 Å². The maximum atomic E-state index is 12.3. The van der Waals surface area contributed by atoms with Gasteiger partial charge in [-0.25, -0.2) is 0 Å². The first-order valence-corrected chi connectivity index (χ1v) is 7.70. The number of carbonyl (C=O) groups excluding carboxylic acids is 1. The van der Waals surface area contributed by atoms with E-state index in [1.54, 1.807) is 0 Å². The van der Waals surface area contributed by atoms with E-state index >= 15 is 0 Å². The second-order valence-electron chi connectivity index (χ2n) is 5.57. The van der Waals surface area contributed by atoms with Gasteiger partial charge >= 0.3 is 0 Å². The summed E-state index contributed by atoms with van der Waals surface area (Å²) in [6, 6.07) is 0.520. The molecule has 0 heterocycles. The van der Waals surface area contributed by atoms with E-state index in [1.807, 2.05) is 4.90 Å². The van der Waals surface area contributed by atoms with Crippen LogP contribution in [0.5, 0.6) is 0 Å². The standard InChI is InChI=1S/C14H24ClNO/c15-9-10-16(13-7-8-13)14(17)11-12-5-3-1-2-4-6-12/h12-13H,1-11H2. The van der Waals surface area contributed by atoms with Gasteiger partial charge in [-0.15, -0.1) is 11.6 Å². The molecule has 0 aromatic rings. The highest BCUT2D eigenvalue weighted by Gasteiger charge is 2.32. The fraction of sp³-hybridized carbons (Fsp3) is 0.929. The first-order chi connectivity index (χ1) is 8.31. The monoisotopic (exact) mass is 257 g/mol. The highest BCUT2D eigenvalue weighted by atomic mass is 35.5. The van der Waals surface area contributed by atoms with Gasteiger partial charge in [-0.3, -0.25) is 4.79 Å². The van der Waals surface area contributed by atoms with Gasteiger partial charge in [0.05, 0.1) is 0 Å². The zero-order valence-corrected chi connectivity index (χ0v) is 11.4. The van der Waals surface area contributed by atoms with Crippen molar-refractivity contribution in [1.82, 2.24) is 4.90 Å². The molecule has 0 saturated heterocycles. The largest absolute Gasteiger partial charge is 0.339 e. The number of nitrogens with zero attached hydrogens (tertiary/aromatic N) is 1. The summed E-state index contributed by atoms with van der Waals surface area (Å²) in [6.45, 7) is 0.748. The number of amides is 1. The SMILES string of the molecule is O=C(CC1CCCCCC1)N(CCCl)C1CC1. The van der Waals surface area contributed by atoms with Crippen molar-refractivity contribution in [2.75, 3.05) is 12.4 Å². The lowest BCUT2D eigenvalue weighted by Crippen LogP contribution is -2.35. The topological polar surface area (TPSA) is 20.3 Å². The summed E-state index contributed by atoms with van der Waals surface area (Å²) in [5, 5.41) is 0. The second-order valence-corrected chi connectivity index (χ2v) is 5.95. The van der Waals surface area contributed by atoms with Crippen LogP contribution in [0.1, 0.15) is 57.8 Å². The Hall–Kier alpha value is -0.240. The van der Waals surface area contributed by atoms with E-state index in [9.17, 15) is 4.79 Å². The lowest BCUT2D eigenvalue weighted by Gasteiger charge is -2.24. The average molecular weight is 258 g/mol. The molecule has 0 aromatic carbocycles. The highest BCUT2D eigenvalue weighted by Crippen LogP contribution is 2.30. The van der Waals surface area contributed by atoms with Gasteiger partial charge in [0.2, 0.25) is 5.91 Å². The molecule has 2 nitrogen and oxygen atoms in total. The molecule has 2 aliphatic carbocycles. The summed E-state index contributed by atoms with van der Waals surface area (Å²) in [6.07, 6.45) is 11.0. The van der Waals surface area contributed by atoms with Gasteiger partial charge < -0.3 is 4.90 Å². The molecule has 3 heteroatoms. The van der Waals surface area contributed by atoms with Crippen molar-refractivity contribution in [2.24, 2.45) is 5.92 Å². The summed E-state index contributed by atoms with van der Waals surface area (Å²) in [5.41, 5.74) is 0. The van der Waals surface area contributed by atoms with E-state index in [1.165, 1.54) is 51.4 Å². The van der Waals surface area contributed by atoms with Crippen LogP contribution in [0.15, 0.2) is 0 Å². The average Bonchev–Trinajstić information content (AvgIpc) is 3.13. The minimum atomic E-state index is 0.361. The van der Waals surface area contributed by atoms with Crippen LogP contribution in [-0.4, -0.2) is 29.3 Å². The maximum absolute atomic E-state index is 12.3. The van der Waals surface area contributed by atoms with E-state index in [0.717, 1.165) is 13.0 Å². The lowest BCUT2D eigenvalue weighted by atomic mass is 9.96. The van der Waals surface area contributed by atoms with Crippen LogP contribution in [0.25, 0.3) is 0 Å². The van der Waals surface area contributed by atoms with Gasteiger partial charge in [0.25, 0.3) is 0 Å². The number of hydrogen-bond donors (Lipinski definition) is 0. The Kier molecular flexibility index (Phi) is 5.15. The predicted molar refractivity (Wildman–Crippen MR) is 71.3 cm³/mol. The van der Waals surface area contributed by atoms with E-state index < -0.39 is 0 Å². The number of alkyl halides is 1. The van der Waals surface area contributed by atoms with Gasteiger partial charge in [0, 0.05) is 24.9 Å². The molecular formula is C14H24ClNO. The normalized spacial score (nSPS) is 22.2. The molecule has 0 atom stereocenters. The fourth-order valence-corrected chi connectivity index (χ4v) is 3.10. The molecule has 2 saturated carbocycles. The molecule has 0 aromatic heterocycles. The molecule has 0 radical (unpaired) electrons. The zero-order chi connectivity index (χ0) is 12.1. The number of rotatable bonds is 5. The minimum Gasteiger partial charge on any atom is -0.339 e. The Balaban J connectivity index is 1.80. The third-order valence-corrected chi connectivity index (χ3v) is 4.24. The van der Waals surface area contributed by atoms with Crippen molar-refractivity contribution >= 4 is 17.5 Å². The minimum absolute atomic E-state index is 0.361. The molecule has 98 valence electrons. The second kappa shape index (κ2) is 6.63. The van der Waals surface area contributed by atoms with Crippen LogP contribution < -0.4 is 0 Å². The van der Waals surface area contributed by atoms with Crippen LogP contribution in [0.4, 0.5) is 0 Å². The first-order valence-electron chi connectivity index (χ1n) is 7.16. The number of hydrogen-bond acceptors (Lipinski definition) is 1. The van der Waals surface area contributed by atoms with Crippen LogP contribution in [-0.2, 0) is 4.79 Å². The van der Waals surface area contributed by atoms with Gasteiger partial charge in [-0.05, 0) is 31.6 Å². The summed E-state index contributed by atoms with van der Waals surface area (Å²) in [4.78, 5) is 14.3. The smallest absolute Gasteiger partial charge is 0.223 e. The van der Waals surface area contributed by atoms with Gasteiger partial charge in [0.15, 0.2) is 0 Å². The predicted octanol–water partition coefficient (Wildman–Crippen LogP) is 3.58. The Labute approximate surface area is 110 Å². The van der Waals surface area contributed by atoms with Crippen LogP contribution in [0.3, 0.4) is 0 Å². The molecule has 0 bridgehead atoms. The molecule has 17 heavy (non-hydrogen) atoms. The van der Waals surface area contributed by atoms with E-state index in [2.05, 4.69) is 0 Å². The maximum Gasteiger partial charge on any atom is 0.223 e. The highest BCUT2D eigenvalue weighted by molar-refractivity contribution is 6.18. The van der Waals surface area contributed by atoms with Crippen molar-refractivity contribution in [3.05, 3.63) is 0 Å². The molecule has 2 rings (SSSR count). The van der Waals surface area contributed by atoms with Crippen molar-refractivity contribution < 1.29 is 4.79 Å². The molecule has 0 spiro atoms. The Morgan fingerprint density at radius 1 is 1.06 bits per heavy atom. The van der Waals surface area contributed by atoms with Gasteiger partial charge in [-0.2, -0.15) is 0 Å². The van der Waals surface area contributed by atoms with Crippen LogP contribution in [0.2, 0.25) is 0 Å². The van der Waals surface area contributed by atoms with Crippen LogP contribution in [0, 0.1) is 5.92 Å². The molecule has 0 N–H and O–H groups in total. The van der Waals surface area contributed by atoms with Gasteiger partial charge in [-0.1, -0.05) is 25.7 Å². The van der Waals surface area contributed by atoms with E-state index in [4.69, 9.17) is 11.6 Å². The quantitative estimate of drug-likeness (QED) is 0.545. The number of halogens is 1.